The van der Waals surface area contributed by atoms with Crippen LogP contribution in [-0.2, 0) is 30.0 Å². The Hall–Kier alpha value is -2.34. The van der Waals surface area contributed by atoms with Gasteiger partial charge in [-0.1, -0.05) is 42.5 Å². The number of ether oxygens (including phenoxy) is 1. The van der Waals surface area contributed by atoms with Crippen LogP contribution in [0.2, 0.25) is 0 Å². The first-order valence-electron chi connectivity index (χ1n) is 10.6. The number of carbonyl (C=O) groups excluding carboxylic acids is 1. The van der Waals surface area contributed by atoms with Gasteiger partial charge in [0.25, 0.3) is 5.91 Å². The highest BCUT2D eigenvalue weighted by Gasteiger charge is 2.43. The minimum absolute atomic E-state index is 0. The zero-order valence-corrected chi connectivity index (χ0v) is 17.7. The van der Waals surface area contributed by atoms with Gasteiger partial charge in [-0.3, -0.25) is 4.79 Å². The number of para-hydroxylation sites is 1. The van der Waals surface area contributed by atoms with Crippen molar-refractivity contribution in [3.05, 3.63) is 70.9 Å². The molecule has 156 valence electrons. The minimum Gasteiger partial charge on any atom is -0.365 e. The molecule has 0 saturated carbocycles. The van der Waals surface area contributed by atoms with Gasteiger partial charge in [-0.2, -0.15) is 0 Å². The maximum absolute atomic E-state index is 13.6. The zero-order chi connectivity index (χ0) is 19.4. The van der Waals surface area contributed by atoms with Crippen LogP contribution in [0.25, 0.3) is 10.9 Å². The first kappa shape index (κ1) is 19.6. The fourth-order valence-electron chi connectivity index (χ4n) is 5.46. The second-order valence-corrected chi connectivity index (χ2v) is 8.40. The molecule has 1 amide bonds. The second kappa shape index (κ2) is 7.41. The summed E-state index contributed by atoms with van der Waals surface area (Å²) in [7, 11) is 0. The summed E-state index contributed by atoms with van der Waals surface area (Å²) >= 11 is 0. The van der Waals surface area contributed by atoms with Gasteiger partial charge < -0.3 is 19.5 Å². The number of carbonyl (C=O) groups is 1. The van der Waals surface area contributed by atoms with Gasteiger partial charge >= 0.3 is 0 Å². The third kappa shape index (κ3) is 2.80. The number of nitrogens with zero attached hydrogens (tertiary/aromatic N) is 2. The lowest BCUT2D eigenvalue weighted by molar-refractivity contribution is -0.0741. The van der Waals surface area contributed by atoms with Crippen LogP contribution in [0, 0.1) is 0 Å². The second-order valence-electron chi connectivity index (χ2n) is 8.40. The number of nitrogens with one attached hydrogen (secondary N) is 1. The Balaban J connectivity index is 0.00000193. The molecule has 0 aliphatic carbocycles. The normalized spacial score (nSPS) is 19.4. The molecule has 3 aliphatic heterocycles. The molecule has 2 aromatic carbocycles. The number of hydrogen-bond acceptors (Lipinski definition) is 3. The summed E-state index contributed by atoms with van der Waals surface area (Å²) < 4.78 is 8.60. The predicted molar refractivity (Wildman–Crippen MR) is 119 cm³/mol. The lowest BCUT2D eigenvalue weighted by Crippen LogP contribution is -2.45. The topological polar surface area (TPSA) is 46.5 Å². The molecular weight excluding hydrogens is 398 g/mol. The third-order valence-electron chi connectivity index (χ3n) is 6.97. The Labute approximate surface area is 182 Å². The number of fused-ring (bicyclic) bond motifs is 5. The molecule has 0 bridgehead atoms. The van der Waals surface area contributed by atoms with E-state index in [1.165, 1.54) is 16.6 Å². The number of hydrogen-bond donors (Lipinski definition) is 1. The smallest absolute Gasteiger partial charge is 0.256 e. The van der Waals surface area contributed by atoms with Crippen LogP contribution < -0.4 is 5.32 Å². The van der Waals surface area contributed by atoms with Crippen LogP contribution in [0.15, 0.2) is 48.5 Å². The maximum atomic E-state index is 13.6. The molecule has 0 atom stereocenters. The predicted octanol–water partition coefficient (Wildman–Crippen LogP) is 3.83. The summed E-state index contributed by atoms with van der Waals surface area (Å²) in [5, 5.41) is 4.52. The molecule has 1 spiro atoms. The molecule has 1 saturated heterocycles. The molecule has 6 rings (SSSR count). The van der Waals surface area contributed by atoms with Crippen molar-refractivity contribution in [2.75, 3.05) is 19.6 Å². The SMILES string of the molecule is Cl.O=C(c1c2n(c3ccccc13)CCNC2)N1CCC2(CC1)OCc1ccccc12. The molecule has 6 heteroatoms. The van der Waals surface area contributed by atoms with E-state index in [0.29, 0.717) is 6.61 Å². The van der Waals surface area contributed by atoms with Crippen LogP contribution in [0.5, 0.6) is 0 Å². The van der Waals surface area contributed by atoms with Gasteiger partial charge in [0.2, 0.25) is 0 Å². The van der Waals surface area contributed by atoms with E-state index in [4.69, 9.17) is 4.74 Å². The van der Waals surface area contributed by atoms with Gasteiger partial charge in [0.1, 0.15) is 0 Å². The molecule has 3 aromatic rings. The first-order chi connectivity index (χ1) is 14.3. The van der Waals surface area contributed by atoms with Crippen molar-refractivity contribution >= 4 is 29.2 Å². The molecule has 5 nitrogen and oxygen atoms in total. The quantitative estimate of drug-likeness (QED) is 0.647. The van der Waals surface area contributed by atoms with Crippen molar-refractivity contribution < 1.29 is 9.53 Å². The van der Waals surface area contributed by atoms with Gasteiger partial charge in [0.15, 0.2) is 0 Å². The summed E-state index contributed by atoms with van der Waals surface area (Å²) in [6, 6.07) is 16.9. The van der Waals surface area contributed by atoms with Gasteiger partial charge in [0, 0.05) is 49.3 Å². The molecule has 30 heavy (non-hydrogen) atoms. The van der Waals surface area contributed by atoms with E-state index in [1.54, 1.807) is 0 Å². The molecule has 0 radical (unpaired) electrons. The van der Waals surface area contributed by atoms with Gasteiger partial charge in [-0.25, -0.2) is 0 Å². The highest BCUT2D eigenvalue weighted by Crippen LogP contribution is 2.44. The zero-order valence-electron chi connectivity index (χ0n) is 16.9. The highest BCUT2D eigenvalue weighted by atomic mass is 35.5. The molecule has 1 aromatic heterocycles. The Morgan fingerprint density at radius 1 is 1.00 bits per heavy atom. The van der Waals surface area contributed by atoms with Crippen LogP contribution in [0.4, 0.5) is 0 Å². The first-order valence-corrected chi connectivity index (χ1v) is 10.6. The number of amides is 1. The Morgan fingerprint density at radius 2 is 1.77 bits per heavy atom. The number of piperidine rings is 1. The van der Waals surface area contributed by atoms with Crippen LogP contribution >= 0.6 is 12.4 Å². The number of halogens is 1. The van der Waals surface area contributed by atoms with Crippen molar-refractivity contribution in [2.45, 2.75) is 38.1 Å². The van der Waals surface area contributed by atoms with Crippen molar-refractivity contribution in [3.8, 4) is 0 Å². The van der Waals surface area contributed by atoms with E-state index in [-0.39, 0.29) is 23.9 Å². The standard InChI is InChI=1S/C24H25N3O2.ClH/c28-23(22-18-6-2-4-8-20(18)27-14-11-25-15-21(22)27)26-12-9-24(10-13-26)19-7-3-1-5-17(19)16-29-24;/h1-8,25H,9-16H2;1H. The van der Waals surface area contributed by atoms with E-state index in [0.717, 1.165) is 62.2 Å². The molecule has 3 aliphatic rings. The average Bonchev–Trinajstić information content (AvgIpc) is 3.30. The fraction of sp³-hybridized carbons (Fsp3) is 0.375. The van der Waals surface area contributed by atoms with Crippen LogP contribution in [0.3, 0.4) is 0 Å². The molecular formula is C24H26ClN3O2. The highest BCUT2D eigenvalue weighted by molar-refractivity contribution is 6.08. The average molecular weight is 424 g/mol. The number of benzene rings is 2. The fourth-order valence-corrected chi connectivity index (χ4v) is 5.46. The number of aromatic nitrogens is 1. The van der Waals surface area contributed by atoms with Crippen LogP contribution in [0.1, 0.15) is 40.0 Å². The number of likely N-dealkylation sites (tertiary alicyclic amines) is 1. The van der Waals surface area contributed by atoms with Gasteiger partial charge in [-0.05, 0) is 30.0 Å². The van der Waals surface area contributed by atoms with Crippen molar-refractivity contribution in [3.63, 3.8) is 0 Å². The van der Waals surface area contributed by atoms with Crippen molar-refractivity contribution in [1.29, 1.82) is 0 Å². The Morgan fingerprint density at radius 3 is 2.63 bits per heavy atom. The summed E-state index contributed by atoms with van der Waals surface area (Å²) in [5.41, 5.74) is 5.60. The maximum Gasteiger partial charge on any atom is 0.256 e. The minimum atomic E-state index is -0.211. The summed E-state index contributed by atoms with van der Waals surface area (Å²) in [6.07, 6.45) is 1.73. The van der Waals surface area contributed by atoms with E-state index in [2.05, 4.69) is 52.3 Å². The molecule has 1 fully saturated rings. The van der Waals surface area contributed by atoms with E-state index < -0.39 is 0 Å². The van der Waals surface area contributed by atoms with E-state index >= 15 is 0 Å². The Bertz CT molecular complexity index is 1110. The van der Waals surface area contributed by atoms with E-state index in [1.807, 2.05) is 11.0 Å². The summed E-state index contributed by atoms with van der Waals surface area (Å²) in [4.78, 5) is 15.7. The van der Waals surface area contributed by atoms with Gasteiger partial charge in [-0.15, -0.1) is 12.4 Å². The lowest BCUT2D eigenvalue weighted by atomic mass is 9.83. The largest absolute Gasteiger partial charge is 0.365 e. The summed E-state index contributed by atoms with van der Waals surface area (Å²) in [6.45, 7) is 4.77. The monoisotopic (exact) mass is 423 g/mol. The van der Waals surface area contributed by atoms with Gasteiger partial charge in [0.05, 0.1) is 17.8 Å². The van der Waals surface area contributed by atoms with Crippen molar-refractivity contribution in [2.24, 2.45) is 0 Å². The lowest BCUT2D eigenvalue weighted by Gasteiger charge is -2.39. The van der Waals surface area contributed by atoms with Crippen LogP contribution in [-0.4, -0.2) is 35.0 Å². The third-order valence-corrected chi connectivity index (χ3v) is 6.97. The van der Waals surface area contributed by atoms with Crippen molar-refractivity contribution in [1.82, 2.24) is 14.8 Å². The van der Waals surface area contributed by atoms with E-state index in [9.17, 15) is 4.79 Å². The summed E-state index contributed by atoms with van der Waals surface area (Å²) in [5.74, 6) is 0.166. The Kier molecular flexibility index (Phi) is 4.85. The molecule has 1 N–H and O–H groups in total. The molecule has 0 unspecified atom stereocenters. The number of rotatable bonds is 1. The molecule has 4 heterocycles.